The van der Waals surface area contributed by atoms with Gasteiger partial charge in [-0.1, -0.05) is 42.5 Å². The van der Waals surface area contributed by atoms with Crippen molar-refractivity contribution in [3.8, 4) is 11.1 Å². The second kappa shape index (κ2) is 9.89. The van der Waals surface area contributed by atoms with E-state index >= 15 is 0 Å². The number of aliphatic hydroxyl groups excluding tert-OH is 1. The van der Waals surface area contributed by atoms with Crippen LogP contribution in [0.15, 0.2) is 73.1 Å². The lowest BCUT2D eigenvalue weighted by Gasteiger charge is -2.32. The van der Waals surface area contributed by atoms with Crippen LogP contribution in [0.2, 0.25) is 0 Å². The molecule has 0 aliphatic carbocycles. The molecule has 1 aliphatic heterocycles. The van der Waals surface area contributed by atoms with Crippen molar-refractivity contribution < 1.29 is 9.90 Å². The van der Waals surface area contributed by atoms with Gasteiger partial charge in [0.2, 0.25) is 0 Å². The van der Waals surface area contributed by atoms with Crippen molar-refractivity contribution in [1.29, 1.82) is 0 Å². The van der Waals surface area contributed by atoms with Crippen LogP contribution in [0.4, 0.5) is 0 Å². The van der Waals surface area contributed by atoms with Crippen LogP contribution < -0.4 is 0 Å². The summed E-state index contributed by atoms with van der Waals surface area (Å²) in [6, 6.07) is 20.5. The first-order valence-electron chi connectivity index (χ1n) is 11.8. The van der Waals surface area contributed by atoms with E-state index in [1.807, 2.05) is 18.3 Å². The monoisotopic (exact) mass is 454 g/mol. The molecule has 5 rings (SSSR count). The van der Waals surface area contributed by atoms with Gasteiger partial charge in [-0.25, -0.2) is 4.98 Å². The fraction of sp³-hybridized carbons (Fsp3) is 0.286. The molecule has 0 radical (unpaired) electrons. The van der Waals surface area contributed by atoms with Gasteiger partial charge in [0.05, 0.1) is 0 Å². The predicted octanol–water partition coefficient (Wildman–Crippen LogP) is 3.67. The summed E-state index contributed by atoms with van der Waals surface area (Å²) < 4.78 is 2.13. The number of fused-ring (bicyclic) bond motifs is 1. The number of Topliss-reactive ketones (excluding diaryl/α,β-unsaturated/α-hetero) is 1. The third-order valence-corrected chi connectivity index (χ3v) is 6.67. The topological polar surface area (TPSA) is 61.6 Å². The predicted molar refractivity (Wildman–Crippen MR) is 135 cm³/mol. The van der Waals surface area contributed by atoms with E-state index in [0.717, 1.165) is 49.3 Å². The molecule has 0 atom stereocenters. The summed E-state index contributed by atoms with van der Waals surface area (Å²) in [6.45, 7) is 5.64. The Morgan fingerprint density at radius 2 is 1.74 bits per heavy atom. The lowest BCUT2D eigenvalue weighted by molar-refractivity contribution is 0.0903. The summed E-state index contributed by atoms with van der Waals surface area (Å²) in [7, 11) is 2.19. The van der Waals surface area contributed by atoms with E-state index in [1.165, 1.54) is 16.7 Å². The van der Waals surface area contributed by atoms with Gasteiger partial charge in [-0.15, -0.1) is 0 Å². The Bertz CT molecular complexity index is 1290. The number of hydrogen-bond acceptors (Lipinski definition) is 5. The third kappa shape index (κ3) is 4.80. The first kappa shape index (κ1) is 22.5. The van der Waals surface area contributed by atoms with Gasteiger partial charge >= 0.3 is 0 Å². The Hall–Kier alpha value is -3.32. The molecule has 1 fully saturated rings. The number of pyridine rings is 1. The summed E-state index contributed by atoms with van der Waals surface area (Å²) in [5, 5.41) is 10.2. The fourth-order valence-corrected chi connectivity index (χ4v) is 4.66. The van der Waals surface area contributed by atoms with Crippen LogP contribution in [0.25, 0.3) is 22.2 Å². The molecule has 0 unspecified atom stereocenters. The molecule has 4 aromatic rings. The molecular formula is C28H30N4O2. The highest BCUT2D eigenvalue weighted by atomic mass is 16.3. The highest BCUT2D eigenvalue weighted by Gasteiger charge is 2.15. The molecule has 1 N–H and O–H groups in total. The van der Waals surface area contributed by atoms with Crippen molar-refractivity contribution in [2.24, 2.45) is 0 Å². The second-order valence-corrected chi connectivity index (χ2v) is 9.10. The summed E-state index contributed by atoms with van der Waals surface area (Å²) in [5.41, 5.74) is 6.28. The number of nitrogens with zero attached hydrogens (tertiary/aromatic N) is 4. The molecule has 0 spiro atoms. The van der Waals surface area contributed by atoms with Crippen molar-refractivity contribution in [2.45, 2.75) is 13.1 Å². The van der Waals surface area contributed by atoms with E-state index in [-0.39, 0.29) is 5.78 Å². The average Bonchev–Trinajstić information content (AvgIpc) is 3.28. The molecular weight excluding hydrogens is 424 g/mol. The number of likely N-dealkylation sites (N-methyl/N-ethyl adjacent to an activating group) is 1. The first-order valence-corrected chi connectivity index (χ1v) is 11.8. The fourth-order valence-electron chi connectivity index (χ4n) is 4.66. The van der Waals surface area contributed by atoms with E-state index in [2.05, 4.69) is 69.0 Å². The molecule has 1 saturated heterocycles. The van der Waals surface area contributed by atoms with Gasteiger partial charge in [0.15, 0.2) is 5.78 Å². The van der Waals surface area contributed by atoms with Crippen molar-refractivity contribution in [3.63, 3.8) is 0 Å². The number of ketones is 1. The number of carbonyl (C=O) groups excluding carboxylic acids is 1. The number of rotatable bonds is 7. The minimum Gasteiger partial charge on any atom is -0.388 e. The standard InChI is InChI=1S/C28H30N4O2/c1-30-13-15-31(16-14-30)18-22-3-2-4-24(17-22)25-9-11-29-28-26(25)10-12-32(28)19-21-5-7-23(8-6-21)27(34)20-33/h2-12,17,33H,13-16,18-20H2,1H3. The summed E-state index contributed by atoms with van der Waals surface area (Å²) in [5.74, 6) is -0.265. The SMILES string of the molecule is CN1CCN(Cc2cccc(-c3ccnc4c3ccn4Cc3ccc(C(=O)CO)cc3)c2)CC1. The van der Waals surface area contributed by atoms with Gasteiger partial charge in [-0.2, -0.15) is 0 Å². The molecule has 6 heteroatoms. The second-order valence-electron chi connectivity index (χ2n) is 9.10. The van der Waals surface area contributed by atoms with Crippen LogP contribution in [0, 0.1) is 0 Å². The summed E-state index contributed by atoms with van der Waals surface area (Å²) in [6.07, 6.45) is 3.95. The van der Waals surface area contributed by atoms with Crippen molar-refractivity contribution in [2.75, 3.05) is 39.8 Å². The van der Waals surface area contributed by atoms with E-state index < -0.39 is 6.61 Å². The molecule has 2 aromatic heterocycles. The van der Waals surface area contributed by atoms with Crippen LogP contribution in [0.3, 0.4) is 0 Å². The minimum atomic E-state index is -0.467. The highest BCUT2D eigenvalue weighted by molar-refractivity contribution is 5.97. The quantitative estimate of drug-likeness (QED) is 0.432. The highest BCUT2D eigenvalue weighted by Crippen LogP contribution is 2.29. The Balaban J connectivity index is 1.38. The number of piperazine rings is 1. The normalized spacial score (nSPS) is 15.1. The molecule has 3 heterocycles. The maximum Gasteiger partial charge on any atom is 0.188 e. The number of benzene rings is 2. The van der Waals surface area contributed by atoms with Gasteiger partial charge in [-0.05, 0) is 47.5 Å². The Labute approximate surface area is 200 Å². The van der Waals surface area contributed by atoms with Gasteiger partial charge in [0, 0.05) is 62.6 Å². The van der Waals surface area contributed by atoms with Gasteiger partial charge in [0.1, 0.15) is 12.3 Å². The molecule has 0 saturated carbocycles. The van der Waals surface area contributed by atoms with Crippen molar-refractivity contribution in [1.82, 2.24) is 19.4 Å². The number of hydrogen-bond donors (Lipinski definition) is 1. The van der Waals surface area contributed by atoms with Gasteiger partial charge in [-0.3, -0.25) is 9.69 Å². The van der Waals surface area contributed by atoms with Crippen LogP contribution in [0.5, 0.6) is 0 Å². The van der Waals surface area contributed by atoms with Crippen molar-refractivity contribution >= 4 is 16.8 Å². The average molecular weight is 455 g/mol. The van der Waals surface area contributed by atoms with E-state index in [1.54, 1.807) is 12.1 Å². The number of carbonyl (C=O) groups is 1. The smallest absolute Gasteiger partial charge is 0.188 e. The first-order chi connectivity index (χ1) is 16.6. The Morgan fingerprint density at radius 3 is 2.50 bits per heavy atom. The van der Waals surface area contributed by atoms with E-state index in [9.17, 15) is 4.79 Å². The van der Waals surface area contributed by atoms with E-state index in [4.69, 9.17) is 5.11 Å². The molecule has 6 nitrogen and oxygen atoms in total. The lowest BCUT2D eigenvalue weighted by Crippen LogP contribution is -2.43. The number of aromatic nitrogens is 2. The third-order valence-electron chi connectivity index (χ3n) is 6.67. The molecule has 174 valence electrons. The van der Waals surface area contributed by atoms with Gasteiger partial charge in [0.25, 0.3) is 0 Å². The number of aliphatic hydroxyl groups is 1. The van der Waals surface area contributed by atoms with Crippen LogP contribution in [-0.2, 0) is 13.1 Å². The summed E-state index contributed by atoms with van der Waals surface area (Å²) in [4.78, 5) is 21.2. The van der Waals surface area contributed by atoms with Gasteiger partial charge < -0.3 is 14.6 Å². The molecule has 1 aliphatic rings. The van der Waals surface area contributed by atoms with E-state index in [0.29, 0.717) is 12.1 Å². The Kier molecular flexibility index (Phi) is 6.54. The van der Waals surface area contributed by atoms with Crippen molar-refractivity contribution in [3.05, 3.63) is 89.7 Å². The Morgan fingerprint density at radius 1 is 0.941 bits per heavy atom. The molecule has 2 aromatic carbocycles. The molecule has 34 heavy (non-hydrogen) atoms. The lowest BCUT2D eigenvalue weighted by atomic mass is 10.0. The minimum absolute atomic E-state index is 0.265. The van der Waals surface area contributed by atoms with Crippen LogP contribution in [-0.4, -0.2) is 70.1 Å². The molecule has 0 amide bonds. The zero-order valence-corrected chi connectivity index (χ0v) is 19.5. The maximum atomic E-state index is 11.7. The zero-order valence-electron chi connectivity index (χ0n) is 19.5. The molecule has 0 bridgehead atoms. The van der Waals surface area contributed by atoms with Crippen LogP contribution in [0.1, 0.15) is 21.5 Å². The largest absolute Gasteiger partial charge is 0.388 e. The van der Waals surface area contributed by atoms with Crippen LogP contribution >= 0.6 is 0 Å². The maximum absolute atomic E-state index is 11.7. The zero-order chi connectivity index (χ0) is 23.5. The summed E-state index contributed by atoms with van der Waals surface area (Å²) >= 11 is 0.